The molecule has 3 rings (SSSR count). The number of hydrogen-bond donors (Lipinski definition) is 0. The van der Waals surface area contributed by atoms with Gasteiger partial charge >= 0.3 is 0 Å². The Balaban J connectivity index is 1.90. The van der Waals surface area contributed by atoms with Gasteiger partial charge in [0.05, 0.1) is 11.6 Å². The van der Waals surface area contributed by atoms with Crippen LogP contribution in [0.1, 0.15) is 40.2 Å². The van der Waals surface area contributed by atoms with Crippen molar-refractivity contribution in [3.8, 4) is 0 Å². The summed E-state index contributed by atoms with van der Waals surface area (Å²) >= 11 is 1.76. The van der Waals surface area contributed by atoms with Crippen LogP contribution in [-0.2, 0) is 6.42 Å². The lowest BCUT2D eigenvalue weighted by atomic mass is 9.97. The molecule has 1 aliphatic rings. The summed E-state index contributed by atoms with van der Waals surface area (Å²) in [5, 5.41) is 2.08. The fourth-order valence-corrected chi connectivity index (χ4v) is 3.68. The molecule has 1 atom stereocenters. The zero-order valence-electron chi connectivity index (χ0n) is 11.2. The van der Waals surface area contributed by atoms with Crippen molar-refractivity contribution in [1.29, 1.82) is 0 Å². The van der Waals surface area contributed by atoms with Gasteiger partial charge in [-0.15, -0.1) is 11.3 Å². The Morgan fingerprint density at radius 2 is 2.35 bits per heavy atom. The van der Waals surface area contributed by atoms with Crippen LogP contribution in [0.5, 0.6) is 0 Å². The summed E-state index contributed by atoms with van der Waals surface area (Å²) in [4.78, 5) is 19.4. The summed E-state index contributed by atoms with van der Waals surface area (Å²) in [6.45, 7) is 2.79. The Hall–Kier alpha value is -1.75. The number of halogens is 1. The van der Waals surface area contributed by atoms with E-state index in [1.165, 1.54) is 28.8 Å². The molecule has 3 heterocycles. The first kappa shape index (κ1) is 13.2. The average molecular weight is 290 g/mol. The number of aromatic nitrogens is 1. The van der Waals surface area contributed by atoms with Gasteiger partial charge in [0.2, 0.25) is 5.95 Å². The molecule has 0 saturated carbocycles. The smallest absolute Gasteiger partial charge is 0.255 e. The third-order valence-corrected chi connectivity index (χ3v) is 4.71. The van der Waals surface area contributed by atoms with Crippen molar-refractivity contribution in [1.82, 2.24) is 9.88 Å². The lowest BCUT2D eigenvalue weighted by Gasteiger charge is -2.35. The number of nitrogens with zero attached hydrogens (tertiary/aromatic N) is 2. The maximum atomic E-state index is 12.9. The Morgan fingerprint density at radius 3 is 3.05 bits per heavy atom. The van der Waals surface area contributed by atoms with Crippen molar-refractivity contribution >= 4 is 17.2 Å². The normalized spacial score (nSPS) is 17.9. The van der Waals surface area contributed by atoms with Gasteiger partial charge in [-0.1, -0.05) is 6.92 Å². The van der Waals surface area contributed by atoms with Crippen LogP contribution in [0.3, 0.4) is 0 Å². The predicted octanol–water partition coefficient (Wildman–Crippen LogP) is 3.43. The summed E-state index contributed by atoms with van der Waals surface area (Å²) in [6.07, 6.45) is 3.08. The van der Waals surface area contributed by atoms with Crippen LogP contribution in [0.4, 0.5) is 4.39 Å². The van der Waals surface area contributed by atoms with Gasteiger partial charge in [-0.05, 0) is 42.0 Å². The molecule has 0 radical (unpaired) electrons. The largest absolute Gasteiger partial charge is 0.331 e. The van der Waals surface area contributed by atoms with Gasteiger partial charge in [0.25, 0.3) is 5.91 Å². The number of hydrogen-bond acceptors (Lipinski definition) is 3. The number of pyridine rings is 1. The van der Waals surface area contributed by atoms with Crippen molar-refractivity contribution in [2.75, 3.05) is 6.54 Å². The zero-order chi connectivity index (χ0) is 14.1. The fourth-order valence-electron chi connectivity index (χ4n) is 2.75. The Morgan fingerprint density at radius 1 is 1.50 bits per heavy atom. The van der Waals surface area contributed by atoms with E-state index in [1.807, 2.05) is 4.90 Å². The summed E-state index contributed by atoms with van der Waals surface area (Å²) in [6, 6.07) is 4.95. The first-order chi connectivity index (χ1) is 9.70. The molecular weight excluding hydrogens is 275 g/mol. The van der Waals surface area contributed by atoms with E-state index in [-0.39, 0.29) is 11.9 Å². The summed E-state index contributed by atoms with van der Waals surface area (Å²) in [5.74, 6) is -0.631. The average Bonchev–Trinajstić information content (AvgIpc) is 2.94. The summed E-state index contributed by atoms with van der Waals surface area (Å²) in [5.41, 5.74) is 1.70. The highest BCUT2D eigenvalue weighted by atomic mass is 32.1. The van der Waals surface area contributed by atoms with Crippen LogP contribution >= 0.6 is 11.3 Å². The van der Waals surface area contributed by atoms with Crippen molar-refractivity contribution < 1.29 is 9.18 Å². The van der Waals surface area contributed by atoms with Crippen LogP contribution in [0.15, 0.2) is 29.8 Å². The molecule has 0 N–H and O–H groups in total. The first-order valence-corrected chi connectivity index (χ1v) is 7.57. The summed E-state index contributed by atoms with van der Waals surface area (Å²) in [7, 11) is 0. The number of carbonyl (C=O) groups excluding carboxylic acids is 1. The lowest BCUT2D eigenvalue weighted by Crippen LogP contribution is -2.39. The second-order valence-corrected chi connectivity index (χ2v) is 5.84. The van der Waals surface area contributed by atoms with Gasteiger partial charge in [0.15, 0.2) is 0 Å². The van der Waals surface area contributed by atoms with Gasteiger partial charge in [-0.25, -0.2) is 4.98 Å². The second kappa shape index (κ2) is 5.32. The van der Waals surface area contributed by atoms with Crippen LogP contribution in [0, 0.1) is 5.95 Å². The predicted molar refractivity (Wildman–Crippen MR) is 76.3 cm³/mol. The van der Waals surface area contributed by atoms with Gasteiger partial charge < -0.3 is 4.90 Å². The van der Waals surface area contributed by atoms with Crippen LogP contribution in [0.25, 0.3) is 0 Å². The molecule has 0 spiro atoms. The number of rotatable bonds is 2. The van der Waals surface area contributed by atoms with E-state index >= 15 is 0 Å². The van der Waals surface area contributed by atoms with Crippen LogP contribution in [0.2, 0.25) is 0 Å². The number of amides is 1. The van der Waals surface area contributed by atoms with E-state index in [0.29, 0.717) is 12.1 Å². The molecule has 0 saturated heterocycles. The SMILES string of the molecule is CCC1c2ccsc2CCN1C(=O)c1ccc(F)nc1. The molecule has 1 aliphatic heterocycles. The Bertz CT molecular complexity index is 623. The fraction of sp³-hybridized carbons (Fsp3) is 0.333. The third kappa shape index (κ3) is 2.22. The molecule has 3 nitrogen and oxygen atoms in total. The lowest BCUT2D eigenvalue weighted by molar-refractivity contribution is 0.0657. The highest BCUT2D eigenvalue weighted by Gasteiger charge is 2.30. The van der Waals surface area contributed by atoms with Crippen molar-refractivity contribution in [3.05, 3.63) is 51.7 Å². The first-order valence-electron chi connectivity index (χ1n) is 6.69. The van der Waals surface area contributed by atoms with E-state index in [0.717, 1.165) is 12.8 Å². The van der Waals surface area contributed by atoms with Gasteiger partial charge in [-0.3, -0.25) is 4.79 Å². The third-order valence-electron chi connectivity index (χ3n) is 3.72. The molecule has 5 heteroatoms. The van der Waals surface area contributed by atoms with Gasteiger partial charge in [0, 0.05) is 17.6 Å². The quantitative estimate of drug-likeness (QED) is 0.794. The molecule has 0 aromatic carbocycles. The zero-order valence-corrected chi connectivity index (χ0v) is 12.0. The molecular formula is C15H15FN2OS. The molecule has 104 valence electrons. The number of fused-ring (bicyclic) bond motifs is 1. The molecule has 1 amide bonds. The second-order valence-electron chi connectivity index (χ2n) is 4.84. The van der Waals surface area contributed by atoms with E-state index in [9.17, 15) is 9.18 Å². The number of carbonyl (C=O) groups is 1. The molecule has 2 aromatic heterocycles. The van der Waals surface area contributed by atoms with Gasteiger partial charge in [-0.2, -0.15) is 4.39 Å². The molecule has 0 fully saturated rings. The molecule has 0 bridgehead atoms. The minimum Gasteiger partial charge on any atom is -0.331 e. The van der Waals surface area contributed by atoms with E-state index in [2.05, 4.69) is 23.4 Å². The van der Waals surface area contributed by atoms with Crippen LogP contribution < -0.4 is 0 Å². The topological polar surface area (TPSA) is 33.2 Å². The molecule has 0 aliphatic carbocycles. The number of thiophene rings is 1. The van der Waals surface area contributed by atoms with Crippen molar-refractivity contribution in [2.45, 2.75) is 25.8 Å². The molecule has 1 unspecified atom stereocenters. The van der Waals surface area contributed by atoms with Crippen molar-refractivity contribution in [3.63, 3.8) is 0 Å². The standard InChI is InChI=1S/C15H15FN2OS/c1-2-12-11-6-8-20-13(11)5-7-18(12)15(19)10-3-4-14(16)17-9-10/h3-4,6,8-9,12H,2,5,7H2,1H3. The highest BCUT2D eigenvalue weighted by Crippen LogP contribution is 2.35. The highest BCUT2D eigenvalue weighted by molar-refractivity contribution is 7.10. The molecule has 2 aromatic rings. The minimum atomic E-state index is -0.563. The maximum absolute atomic E-state index is 12.9. The van der Waals surface area contributed by atoms with E-state index < -0.39 is 5.95 Å². The molecule has 20 heavy (non-hydrogen) atoms. The monoisotopic (exact) mass is 290 g/mol. The Labute approximate surface area is 121 Å². The van der Waals surface area contributed by atoms with E-state index in [4.69, 9.17) is 0 Å². The van der Waals surface area contributed by atoms with Gasteiger partial charge in [0.1, 0.15) is 0 Å². The minimum absolute atomic E-state index is 0.0683. The maximum Gasteiger partial charge on any atom is 0.255 e. The summed E-state index contributed by atoms with van der Waals surface area (Å²) < 4.78 is 12.9. The van der Waals surface area contributed by atoms with E-state index in [1.54, 1.807) is 11.3 Å². The van der Waals surface area contributed by atoms with Crippen molar-refractivity contribution in [2.24, 2.45) is 0 Å². The van der Waals surface area contributed by atoms with Crippen LogP contribution in [-0.4, -0.2) is 22.3 Å². The Kier molecular flexibility index (Phi) is 3.53.